The summed E-state index contributed by atoms with van der Waals surface area (Å²) in [7, 11) is -1.60. The summed E-state index contributed by atoms with van der Waals surface area (Å²) in [6.07, 6.45) is 2.79. The lowest BCUT2D eigenvalue weighted by atomic mass is 10.3. The lowest BCUT2D eigenvalue weighted by Crippen LogP contribution is -2.47. The van der Waals surface area contributed by atoms with E-state index in [1.807, 2.05) is 13.0 Å². The normalized spacial score (nSPS) is 12.5. The van der Waals surface area contributed by atoms with Gasteiger partial charge in [-0.05, 0) is 19.4 Å². The van der Waals surface area contributed by atoms with Crippen molar-refractivity contribution in [1.29, 1.82) is 0 Å². The first-order chi connectivity index (χ1) is 10.3. The smallest absolute Gasteiger partial charge is 0.317 e. The molecular weight excluding hydrogens is 306 g/mol. The number of pyridine rings is 1. The summed E-state index contributed by atoms with van der Waals surface area (Å²) in [5.74, 6) is 0.449. The Labute approximate surface area is 131 Å². The lowest BCUT2D eigenvalue weighted by molar-refractivity contribution is 0.187. The molecule has 8 heteroatoms. The fraction of sp³-hybridized carbons (Fsp3) is 0.571. The minimum absolute atomic E-state index is 0.0572. The second kappa shape index (κ2) is 7.98. The van der Waals surface area contributed by atoms with E-state index in [1.165, 1.54) is 12.0 Å². The van der Waals surface area contributed by atoms with Crippen LogP contribution in [0, 0.1) is 0 Å². The van der Waals surface area contributed by atoms with Gasteiger partial charge in [-0.25, -0.2) is 18.2 Å². The van der Waals surface area contributed by atoms with Gasteiger partial charge in [-0.15, -0.1) is 0 Å². The van der Waals surface area contributed by atoms with Crippen LogP contribution in [0.5, 0.6) is 5.88 Å². The van der Waals surface area contributed by atoms with Crippen LogP contribution < -0.4 is 10.1 Å². The molecule has 22 heavy (non-hydrogen) atoms. The Morgan fingerprint density at radius 1 is 1.45 bits per heavy atom. The summed E-state index contributed by atoms with van der Waals surface area (Å²) in [5, 5.41) is 2.77. The number of amides is 2. The number of carbonyl (C=O) groups excluding carboxylic acids is 1. The van der Waals surface area contributed by atoms with Crippen molar-refractivity contribution in [3.63, 3.8) is 0 Å². The third-order valence-electron chi connectivity index (χ3n) is 3.13. The van der Waals surface area contributed by atoms with Crippen LogP contribution in [0.2, 0.25) is 0 Å². The van der Waals surface area contributed by atoms with Crippen LogP contribution in [0.1, 0.15) is 19.4 Å². The molecule has 0 radical (unpaired) electrons. The summed E-state index contributed by atoms with van der Waals surface area (Å²) >= 11 is 0. The third kappa shape index (κ3) is 5.88. The van der Waals surface area contributed by atoms with E-state index < -0.39 is 9.84 Å². The van der Waals surface area contributed by atoms with Gasteiger partial charge in [-0.1, -0.05) is 6.07 Å². The maximum Gasteiger partial charge on any atom is 0.317 e. The van der Waals surface area contributed by atoms with Gasteiger partial charge in [0, 0.05) is 37.7 Å². The van der Waals surface area contributed by atoms with Crippen LogP contribution in [0.3, 0.4) is 0 Å². The van der Waals surface area contributed by atoms with Gasteiger partial charge in [0.05, 0.1) is 12.9 Å². The standard InChI is InChI=1S/C14H23N3O4S/c1-5-17(11(2)10-22(4,19)20)14(18)16-9-12-6-7-13(21-3)15-8-12/h6-8,11H,5,9-10H2,1-4H3,(H,16,18)/t11-/m0/s1. The molecule has 0 aliphatic carbocycles. The van der Waals surface area contributed by atoms with E-state index >= 15 is 0 Å². The number of rotatable bonds is 7. The van der Waals surface area contributed by atoms with Crippen LogP contribution in [0.15, 0.2) is 18.3 Å². The van der Waals surface area contributed by atoms with Gasteiger partial charge in [-0.2, -0.15) is 0 Å². The number of ether oxygens (including phenoxy) is 1. The maximum absolute atomic E-state index is 12.2. The highest BCUT2D eigenvalue weighted by Crippen LogP contribution is 2.07. The Balaban J connectivity index is 2.60. The Hall–Kier alpha value is -1.83. The summed E-state index contributed by atoms with van der Waals surface area (Å²) in [6, 6.07) is 2.84. The number of sulfone groups is 1. The van der Waals surface area contributed by atoms with E-state index in [2.05, 4.69) is 10.3 Å². The number of urea groups is 1. The van der Waals surface area contributed by atoms with Crippen molar-refractivity contribution >= 4 is 15.9 Å². The number of nitrogens with zero attached hydrogens (tertiary/aromatic N) is 2. The minimum Gasteiger partial charge on any atom is -0.481 e. The largest absolute Gasteiger partial charge is 0.481 e. The van der Waals surface area contributed by atoms with E-state index in [-0.39, 0.29) is 17.8 Å². The van der Waals surface area contributed by atoms with Gasteiger partial charge in [0.25, 0.3) is 0 Å². The van der Waals surface area contributed by atoms with Crippen molar-refractivity contribution in [2.45, 2.75) is 26.4 Å². The number of aromatic nitrogens is 1. The fourth-order valence-corrected chi connectivity index (χ4v) is 3.16. The molecule has 1 aromatic rings. The van der Waals surface area contributed by atoms with Crippen molar-refractivity contribution in [3.05, 3.63) is 23.9 Å². The minimum atomic E-state index is -3.13. The molecule has 1 N–H and O–H groups in total. The summed E-state index contributed by atoms with van der Waals surface area (Å²) in [4.78, 5) is 17.7. The highest BCUT2D eigenvalue weighted by molar-refractivity contribution is 7.90. The van der Waals surface area contributed by atoms with Gasteiger partial charge in [-0.3, -0.25) is 0 Å². The summed E-state index contributed by atoms with van der Waals surface area (Å²) in [5.41, 5.74) is 0.834. The topological polar surface area (TPSA) is 88.6 Å². The molecule has 2 amide bonds. The number of methoxy groups -OCH3 is 1. The van der Waals surface area contributed by atoms with Crippen molar-refractivity contribution in [3.8, 4) is 5.88 Å². The quantitative estimate of drug-likeness (QED) is 0.808. The SMILES string of the molecule is CCN(C(=O)NCc1ccc(OC)nc1)[C@@H](C)CS(C)(=O)=O. The molecular formula is C14H23N3O4S. The monoisotopic (exact) mass is 329 g/mol. The van der Waals surface area contributed by atoms with Gasteiger partial charge < -0.3 is 15.0 Å². The molecule has 0 saturated carbocycles. The zero-order chi connectivity index (χ0) is 16.8. The van der Waals surface area contributed by atoms with Crippen LogP contribution in [0.25, 0.3) is 0 Å². The van der Waals surface area contributed by atoms with Crippen molar-refractivity contribution in [1.82, 2.24) is 15.2 Å². The molecule has 0 aliphatic rings. The number of hydrogen-bond acceptors (Lipinski definition) is 5. The highest BCUT2D eigenvalue weighted by atomic mass is 32.2. The molecule has 1 aromatic heterocycles. The maximum atomic E-state index is 12.2. The Bertz CT molecular complexity index is 587. The van der Waals surface area contributed by atoms with E-state index in [1.54, 1.807) is 19.2 Å². The van der Waals surface area contributed by atoms with Gasteiger partial charge in [0.1, 0.15) is 9.84 Å². The van der Waals surface area contributed by atoms with Crippen LogP contribution in [-0.2, 0) is 16.4 Å². The van der Waals surface area contributed by atoms with E-state index in [9.17, 15) is 13.2 Å². The fourth-order valence-electron chi connectivity index (χ4n) is 2.10. The Morgan fingerprint density at radius 3 is 2.59 bits per heavy atom. The molecule has 0 bridgehead atoms. The molecule has 0 fully saturated rings. The molecule has 0 spiro atoms. The van der Waals surface area contributed by atoms with Gasteiger partial charge in [0.2, 0.25) is 5.88 Å². The molecule has 0 saturated heterocycles. The zero-order valence-corrected chi connectivity index (χ0v) is 14.2. The summed E-state index contributed by atoms with van der Waals surface area (Å²) in [6.45, 7) is 4.29. The molecule has 1 rings (SSSR count). The van der Waals surface area contributed by atoms with E-state index in [0.717, 1.165) is 11.8 Å². The van der Waals surface area contributed by atoms with E-state index in [4.69, 9.17) is 4.74 Å². The molecule has 1 atom stereocenters. The molecule has 0 unspecified atom stereocenters. The second-order valence-corrected chi connectivity index (χ2v) is 7.28. The van der Waals surface area contributed by atoms with Gasteiger partial charge in [0.15, 0.2) is 0 Å². The average Bonchev–Trinajstić information content (AvgIpc) is 2.44. The van der Waals surface area contributed by atoms with Gasteiger partial charge >= 0.3 is 6.03 Å². The van der Waals surface area contributed by atoms with E-state index in [0.29, 0.717) is 19.0 Å². The predicted octanol–water partition coefficient (Wildman–Crippen LogP) is 1.05. The second-order valence-electron chi connectivity index (χ2n) is 5.09. The molecule has 124 valence electrons. The zero-order valence-electron chi connectivity index (χ0n) is 13.4. The van der Waals surface area contributed by atoms with Crippen LogP contribution in [0.4, 0.5) is 4.79 Å². The van der Waals surface area contributed by atoms with Crippen molar-refractivity contribution in [2.75, 3.05) is 25.7 Å². The van der Waals surface area contributed by atoms with Crippen molar-refractivity contribution in [2.24, 2.45) is 0 Å². The molecule has 0 aliphatic heterocycles. The highest BCUT2D eigenvalue weighted by Gasteiger charge is 2.21. The Kier molecular flexibility index (Phi) is 6.61. The summed E-state index contributed by atoms with van der Waals surface area (Å²) < 4.78 is 27.7. The van der Waals surface area contributed by atoms with Crippen molar-refractivity contribution < 1.29 is 17.9 Å². The number of nitrogens with one attached hydrogen (secondary N) is 1. The first kappa shape index (κ1) is 18.2. The van der Waals surface area contributed by atoms with Crippen LogP contribution in [-0.4, -0.2) is 56.0 Å². The average molecular weight is 329 g/mol. The first-order valence-electron chi connectivity index (χ1n) is 6.98. The molecule has 1 heterocycles. The third-order valence-corrected chi connectivity index (χ3v) is 4.22. The number of hydrogen-bond donors (Lipinski definition) is 1. The first-order valence-corrected chi connectivity index (χ1v) is 9.04. The molecule has 7 nitrogen and oxygen atoms in total. The number of carbonyl (C=O) groups is 1. The lowest BCUT2D eigenvalue weighted by Gasteiger charge is -2.27. The molecule has 0 aromatic carbocycles. The van der Waals surface area contributed by atoms with Crippen LogP contribution >= 0.6 is 0 Å². The predicted molar refractivity (Wildman–Crippen MR) is 84.6 cm³/mol. The Morgan fingerprint density at radius 2 is 2.14 bits per heavy atom.